The first kappa shape index (κ1) is 12.4. The van der Waals surface area contributed by atoms with Gasteiger partial charge < -0.3 is 5.73 Å². The zero-order chi connectivity index (χ0) is 13.4. The van der Waals surface area contributed by atoms with Crippen LogP contribution in [-0.2, 0) is 0 Å². The van der Waals surface area contributed by atoms with Gasteiger partial charge in [-0.15, -0.1) is 5.10 Å². The fourth-order valence-electron chi connectivity index (χ4n) is 1.83. The van der Waals surface area contributed by atoms with E-state index in [1.165, 1.54) is 11.8 Å². The van der Waals surface area contributed by atoms with Crippen molar-refractivity contribution in [3.8, 4) is 0 Å². The fraction of sp³-hybridized carbons (Fsp3) is 0.417. The summed E-state index contributed by atoms with van der Waals surface area (Å²) >= 11 is 1.39. The van der Waals surface area contributed by atoms with Crippen LogP contribution in [0.15, 0.2) is 33.3 Å². The third-order valence-corrected chi connectivity index (χ3v) is 3.99. The van der Waals surface area contributed by atoms with Gasteiger partial charge in [0.1, 0.15) is 5.03 Å². The van der Waals surface area contributed by atoms with Gasteiger partial charge in [0, 0.05) is 18.3 Å². The fourth-order valence-corrected chi connectivity index (χ4v) is 2.68. The molecule has 100 valence electrons. The van der Waals surface area contributed by atoms with Crippen molar-refractivity contribution in [1.82, 2.24) is 19.7 Å². The van der Waals surface area contributed by atoms with Gasteiger partial charge in [-0.05, 0) is 43.2 Å². The molecule has 0 unspecified atom stereocenters. The highest BCUT2D eigenvalue weighted by Crippen LogP contribution is 2.37. The van der Waals surface area contributed by atoms with Crippen LogP contribution < -0.4 is 11.4 Å². The van der Waals surface area contributed by atoms with Crippen LogP contribution in [0.1, 0.15) is 37.4 Å². The van der Waals surface area contributed by atoms with Gasteiger partial charge in [-0.2, -0.15) is 0 Å². The summed E-state index contributed by atoms with van der Waals surface area (Å²) in [6, 6.07) is 4.13. The van der Waals surface area contributed by atoms with E-state index in [1.54, 1.807) is 10.8 Å². The molecule has 1 aliphatic carbocycles. The van der Waals surface area contributed by atoms with E-state index in [0.717, 1.165) is 23.4 Å². The summed E-state index contributed by atoms with van der Waals surface area (Å²) in [4.78, 5) is 16.0. The lowest BCUT2D eigenvalue weighted by Crippen LogP contribution is -2.16. The minimum absolute atomic E-state index is 0.0263. The smallest absolute Gasteiger partial charge is 0.324 e. The van der Waals surface area contributed by atoms with Gasteiger partial charge in [0.25, 0.3) is 0 Å². The van der Waals surface area contributed by atoms with E-state index in [9.17, 15) is 4.79 Å². The molecule has 3 rings (SSSR count). The molecule has 0 bridgehead atoms. The molecule has 1 aliphatic rings. The van der Waals surface area contributed by atoms with E-state index in [-0.39, 0.29) is 11.7 Å². The summed E-state index contributed by atoms with van der Waals surface area (Å²) in [6.07, 6.45) is 3.85. The molecule has 0 saturated heterocycles. The van der Waals surface area contributed by atoms with Crippen LogP contribution in [0, 0.1) is 0 Å². The van der Waals surface area contributed by atoms with Gasteiger partial charge in [0.05, 0.1) is 0 Å². The van der Waals surface area contributed by atoms with Crippen LogP contribution in [0.4, 0.5) is 0 Å². The Balaban J connectivity index is 1.83. The van der Waals surface area contributed by atoms with Crippen LogP contribution in [0.2, 0.25) is 0 Å². The SMILES string of the molecule is C[C@@H](N)c1ccc(Sc2n[nH]c(=O)n2C2CC2)nc1. The average Bonchev–Trinajstić information content (AvgIpc) is 3.16. The molecule has 0 spiro atoms. The van der Waals surface area contributed by atoms with Crippen molar-refractivity contribution in [2.24, 2.45) is 5.73 Å². The van der Waals surface area contributed by atoms with Gasteiger partial charge in [-0.3, -0.25) is 4.57 Å². The standard InChI is InChI=1S/C12H15N5OS/c1-7(13)8-2-5-10(14-6-8)19-12-16-15-11(18)17(12)9-3-4-9/h2,5-7,9H,3-4,13H2,1H3,(H,15,18)/t7-/m1/s1. The van der Waals surface area contributed by atoms with Crippen LogP contribution in [-0.4, -0.2) is 19.7 Å². The monoisotopic (exact) mass is 277 g/mol. The average molecular weight is 277 g/mol. The summed E-state index contributed by atoms with van der Waals surface area (Å²) < 4.78 is 1.71. The summed E-state index contributed by atoms with van der Waals surface area (Å²) in [6.45, 7) is 1.92. The van der Waals surface area contributed by atoms with E-state index >= 15 is 0 Å². The van der Waals surface area contributed by atoms with Crippen molar-refractivity contribution in [2.75, 3.05) is 0 Å². The number of rotatable bonds is 4. The Hall–Kier alpha value is -1.60. The second-order valence-electron chi connectivity index (χ2n) is 4.73. The lowest BCUT2D eigenvalue weighted by atomic mass is 10.2. The lowest BCUT2D eigenvalue weighted by Gasteiger charge is -2.06. The Morgan fingerprint density at radius 3 is 2.89 bits per heavy atom. The van der Waals surface area contributed by atoms with Gasteiger partial charge in [-0.1, -0.05) is 6.07 Å². The van der Waals surface area contributed by atoms with Crippen LogP contribution in [0.3, 0.4) is 0 Å². The highest BCUT2D eigenvalue weighted by Gasteiger charge is 2.28. The Kier molecular flexibility index (Phi) is 3.16. The van der Waals surface area contributed by atoms with E-state index < -0.39 is 0 Å². The number of hydrogen-bond acceptors (Lipinski definition) is 5. The lowest BCUT2D eigenvalue weighted by molar-refractivity contribution is 0.642. The van der Waals surface area contributed by atoms with Gasteiger partial charge in [0.2, 0.25) is 0 Å². The molecule has 0 radical (unpaired) electrons. The summed E-state index contributed by atoms with van der Waals surface area (Å²) in [5, 5.41) is 8.04. The second-order valence-corrected chi connectivity index (χ2v) is 5.72. The third kappa shape index (κ3) is 2.57. The van der Waals surface area contributed by atoms with Gasteiger partial charge >= 0.3 is 5.69 Å². The first-order chi connectivity index (χ1) is 9.15. The van der Waals surface area contributed by atoms with E-state index in [4.69, 9.17) is 5.73 Å². The molecule has 2 aromatic rings. The number of nitrogens with zero attached hydrogens (tertiary/aromatic N) is 3. The highest BCUT2D eigenvalue weighted by atomic mass is 32.2. The Bertz CT molecular complexity index is 626. The molecule has 2 aromatic heterocycles. The molecule has 19 heavy (non-hydrogen) atoms. The Morgan fingerprint density at radius 2 is 2.32 bits per heavy atom. The number of aromatic nitrogens is 4. The molecule has 1 saturated carbocycles. The molecule has 0 aliphatic heterocycles. The molecular weight excluding hydrogens is 262 g/mol. The van der Waals surface area contributed by atoms with Crippen molar-refractivity contribution >= 4 is 11.8 Å². The number of H-pyrrole nitrogens is 1. The van der Waals surface area contributed by atoms with Crippen molar-refractivity contribution in [1.29, 1.82) is 0 Å². The normalized spacial score (nSPS) is 16.5. The van der Waals surface area contributed by atoms with Crippen molar-refractivity contribution in [2.45, 2.75) is 42.0 Å². The first-order valence-corrected chi connectivity index (χ1v) is 7.03. The predicted octanol–water partition coefficient (Wildman–Crippen LogP) is 1.47. The molecule has 1 fully saturated rings. The molecule has 2 heterocycles. The molecule has 3 N–H and O–H groups in total. The zero-order valence-electron chi connectivity index (χ0n) is 10.5. The Morgan fingerprint density at radius 1 is 1.53 bits per heavy atom. The molecule has 0 aromatic carbocycles. The van der Waals surface area contributed by atoms with Crippen molar-refractivity contribution in [3.63, 3.8) is 0 Å². The number of nitrogens with two attached hydrogens (primary N) is 1. The largest absolute Gasteiger partial charge is 0.344 e. The van der Waals surface area contributed by atoms with Gasteiger partial charge in [0.15, 0.2) is 5.16 Å². The minimum Gasteiger partial charge on any atom is -0.324 e. The maximum atomic E-state index is 11.6. The summed E-state index contributed by atoms with van der Waals surface area (Å²) in [7, 11) is 0. The van der Waals surface area contributed by atoms with Gasteiger partial charge in [-0.25, -0.2) is 14.9 Å². The van der Waals surface area contributed by atoms with Crippen LogP contribution >= 0.6 is 11.8 Å². The van der Waals surface area contributed by atoms with E-state index in [0.29, 0.717) is 11.2 Å². The third-order valence-electron chi connectivity index (χ3n) is 3.06. The molecular formula is C12H15N5OS. The summed E-state index contributed by atoms with van der Waals surface area (Å²) in [5.74, 6) is 0. The number of nitrogens with one attached hydrogen (secondary N) is 1. The first-order valence-electron chi connectivity index (χ1n) is 6.21. The van der Waals surface area contributed by atoms with Crippen molar-refractivity contribution < 1.29 is 0 Å². The number of hydrogen-bond donors (Lipinski definition) is 2. The summed E-state index contributed by atoms with van der Waals surface area (Å²) in [5.41, 5.74) is 6.63. The topological polar surface area (TPSA) is 89.6 Å². The van der Waals surface area contributed by atoms with Crippen LogP contribution in [0.25, 0.3) is 0 Å². The zero-order valence-corrected chi connectivity index (χ0v) is 11.4. The van der Waals surface area contributed by atoms with E-state index in [2.05, 4.69) is 15.2 Å². The molecule has 0 amide bonds. The molecule has 6 nitrogen and oxygen atoms in total. The minimum atomic E-state index is -0.141. The highest BCUT2D eigenvalue weighted by molar-refractivity contribution is 7.99. The number of pyridine rings is 1. The predicted molar refractivity (Wildman–Crippen MR) is 72.1 cm³/mol. The second kappa shape index (κ2) is 4.82. The quantitative estimate of drug-likeness (QED) is 0.883. The van der Waals surface area contributed by atoms with Crippen LogP contribution in [0.5, 0.6) is 0 Å². The number of aromatic amines is 1. The van der Waals surface area contributed by atoms with Crippen molar-refractivity contribution in [3.05, 3.63) is 34.4 Å². The maximum Gasteiger partial charge on any atom is 0.344 e. The van der Waals surface area contributed by atoms with E-state index in [1.807, 2.05) is 19.1 Å². The molecule has 7 heteroatoms. The molecule has 1 atom stereocenters. The Labute approximate surface area is 114 Å². The maximum absolute atomic E-state index is 11.6.